The largest absolute Gasteiger partial charge is 0.382 e. The van der Waals surface area contributed by atoms with Gasteiger partial charge < -0.3 is 19.7 Å². The third-order valence-corrected chi connectivity index (χ3v) is 2.05. The first-order chi connectivity index (χ1) is 7.74. The third kappa shape index (κ3) is 4.41. The van der Waals surface area contributed by atoms with E-state index >= 15 is 0 Å². The van der Waals surface area contributed by atoms with Crippen molar-refractivity contribution in [3.8, 4) is 0 Å². The number of hydrogen-bond acceptors (Lipinski definition) is 6. The molecule has 1 unspecified atom stereocenters. The van der Waals surface area contributed by atoms with Gasteiger partial charge in [0.25, 0.3) is 5.89 Å². The van der Waals surface area contributed by atoms with Crippen molar-refractivity contribution >= 4 is 0 Å². The molecule has 0 amide bonds. The fourth-order valence-corrected chi connectivity index (χ4v) is 1.19. The van der Waals surface area contributed by atoms with Crippen LogP contribution in [-0.4, -0.2) is 29.5 Å². The smallest absolute Gasteiger partial charge is 0.252 e. The van der Waals surface area contributed by atoms with E-state index in [1.807, 2.05) is 20.8 Å². The minimum absolute atomic E-state index is 0.243. The van der Waals surface area contributed by atoms with Crippen LogP contribution in [0.2, 0.25) is 0 Å². The molecule has 1 aromatic rings. The van der Waals surface area contributed by atoms with E-state index in [-0.39, 0.29) is 12.2 Å². The molecule has 98 valence electrons. The number of nitrogens with two attached hydrogens (primary N) is 1. The highest BCUT2D eigenvalue weighted by atomic mass is 16.5. The normalized spacial score (nSPS) is 15.9. The lowest BCUT2D eigenvalue weighted by Crippen LogP contribution is -2.39. The molecular formula is C11H21N3O3. The second kappa shape index (κ2) is 5.12. The maximum absolute atomic E-state index is 5.99. The third-order valence-electron chi connectivity index (χ3n) is 2.05. The van der Waals surface area contributed by atoms with E-state index in [0.29, 0.717) is 18.3 Å². The van der Waals surface area contributed by atoms with Crippen LogP contribution in [0.15, 0.2) is 4.52 Å². The lowest BCUT2D eigenvalue weighted by atomic mass is 10.1. The van der Waals surface area contributed by atoms with Crippen LogP contribution >= 0.6 is 0 Å². The monoisotopic (exact) mass is 243 g/mol. The highest BCUT2D eigenvalue weighted by Crippen LogP contribution is 2.16. The summed E-state index contributed by atoms with van der Waals surface area (Å²) in [6, 6.07) is 0. The molecule has 1 rings (SSSR count). The van der Waals surface area contributed by atoms with Crippen molar-refractivity contribution in [2.75, 3.05) is 13.7 Å². The molecule has 0 saturated carbocycles. The molecule has 0 spiro atoms. The lowest BCUT2D eigenvalue weighted by molar-refractivity contribution is -0.0260. The maximum atomic E-state index is 5.99. The molecule has 0 fully saturated rings. The molecular weight excluding hydrogens is 222 g/mol. The first kappa shape index (κ1) is 14.1. The van der Waals surface area contributed by atoms with Crippen molar-refractivity contribution in [2.24, 2.45) is 5.73 Å². The fourth-order valence-electron chi connectivity index (χ4n) is 1.19. The van der Waals surface area contributed by atoms with Gasteiger partial charge in [0, 0.05) is 7.11 Å². The predicted octanol–water partition coefficient (Wildman–Crippen LogP) is 1.20. The summed E-state index contributed by atoms with van der Waals surface area (Å²) >= 11 is 0. The summed E-state index contributed by atoms with van der Waals surface area (Å²) in [5, 5.41) is 3.84. The summed E-state index contributed by atoms with van der Waals surface area (Å²) in [6.45, 7) is 8.27. The summed E-state index contributed by atoms with van der Waals surface area (Å²) in [6.07, 6.45) is 0. The molecule has 0 bridgehead atoms. The lowest BCUT2D eigenvalue weighted by Gasteiger charge is -2.18. The van der Waals surface area contributed by atoms with Crippen LogP contribution in [0, 0.1) is 0 Å². The zero-order valence-corrected chi connectivity index (χ0v) is 11.1. The Hall–Kier alpha value is -0.980. The molecule has 0 aliphatic carbocycles. The van der Waals surface area contributed by atoms with Gasteiger partial charge in [-0.1, -0.05) is 5.16 Å². The first-order valence-electron chi connectivity index (χ1n) is 5.49. The number of nitrogens with zero attached hydrogens (tertiary/aromatic N) is 2. The van der Waals surface area contributed by atoms with Crippen molar-refractivity contribution < 1.29 is 14.0 Å². The topological polar surface area (TPSA) is 83.4 Å². The summed E-state index contributed by atoms with van der Waals surface area (Å²) in [5.41, 5.74) is 5.00. The van der Waals surface area contributed by atoms with Crippen LogP contribution < -0.4 is 5.73 Å². The van der Waals surface area contributed by atoms with E-state index < -0.39 is 5.54 Å². The van der Waals surface area contributed by atoms with Gasteiger partial charge in [-0.05, 0) is 27.7 Å². The standard InChI is InChI=1S/C11H21N3O3/c1-10(2,3)16-6-8-13-9(14-17-8)11(4,12)7-15-5/h6-7,12H2,1-5H3. The Balaban J connectivity index is 2.65. The Bertz CT molecular complexity index is 355. The van der Waals surface area contributed by atoms with Crippen LogP contribution in [0.5, 0.6) is 0 Å². The van der Waals surface area contributed by atoms with E-state index in [1.165, 1.54) is 0 Å². The summed E-state index contributed by atoms with van der Waals surface area (Å²) < 4.78 is 15.6. The average molecular weight is 243 g/mol. The molecule has 2 N–H and O–H groups in total. The van der Waals surface area contributed by atoms with E-state index in [2.05, 4.69) is 10.1 Å². The Morgan fingerprint density at radius 3 is 2.47 bits per heavy atom. The van der Waals surface area contributed by atoms with Crippen molar-refractivity contribution in [1.82, 2.24) is 10.1 Å². The van der Waals surface area contributed by atoms with Gasteiger partial charge in [-0.2, -0.15) is 4.98 Å². The van der Waals surface area contributed by atoms with Crippen LogP contribution in [0.4, 0.5) is 0 Å². The number of rotatable bonds is 5. The molecule has 0 aliphatic heterocycles. The van der Waals surface area contributed by atoms with Gasteiger partial charge >= 0.3 is 0 Å². The molecule has 1 aromatic heterocycles. The molecule has 0 aromatic carbocycles. The number of hydrogen-bond donors (Lipinski definition) is 1. The molecule has 6 heteroatoms. The molecule has 0 saturated heterocycles. The molecule has 0 radical (unpaired) electrons. The first-order valence-corrected chi connectivity index (χ1v) is 5.49. The van der Waals surface area contributed by atoms with Gasteiger partial charge in [-0.25, -0.2) is 0 Å². The molecule has 17 heavy (non-hydrogen) atoms. The number of aromatic nitrogens is 2. The Labute approximate surface area is 101 Å². The van der Waals surface area contributed by atoms with Gasteiger partial charge in [0.05, 0.1) is 12.2 Å². The van der Waals surface area contributed by atoms with Gasteiger partial charge in [0.15, 0.2) is 5.82 Å². The van der Waals surface area contributed by atoms with Crippen molar-refractivity contribution in [2.45, 2.75) is 45.4 Å². The van der Waals surface area contributed by atoms with Crippen molar-refractivity contribution in [1.29, 1.82) is 0 Å². The summed E-state index contributed by atoms with van der Waals surface area (Å²) in [4.78, 5) is 4.20. The highest BCUT2D eigenvalue weighted by Gasteiger charge is 2.27. The molecule has 1 atom stereocenters. The van der Waals surface area contributed by atoms with E-state index in [4.69, 9.17) is 19.7 Å². The Kier molecular flexibility index (Phi) is 4.24. The Morgan fingerprint density at radius 2 is 1.94 bits per heavy atom. The van der Waals surface area contributed by atoms with E-state index in [9.17, 15) is 0 Å². The zero-order chi connectivity index (χ0) is 13.1. The van der Waals surface area contributed by atoms with Gasteiger partial charge in [-0.3, -0.25) is 0 Å². The predicted molar refractivity (Wildman–Crippen MR) is 62.3 cm³/mol. The minimum atomic E-state index is -0.752. The second-order valence-corrected chi connectivity index (χ2v) is 5.26. The second-order valence-electron chi connectivity index (χ2n) is 5.26. The van der Waals surface area contributed by atoms with Crippen molar-refractivity contribution in [3.63, 3.8) is 0 Å². The van der Waals surface area contributed by atoms with Crippen LogP contribution in [0.3, 0.4) is 0 Å². The van der Waals surface area contributed by atoms with Crippen molar-refractivity contribution in [3.05, 3.63) is 11.7 Å². The Morgan fingerprint density at radius 1 is 1.29 bits per heavy atom. The van der Waals surface area contributed by atoms with Crippen LogP contribution in [0.1, 0.15) is 39.4 Å². The number of ether oxygens (including phenoxy) is 2. The van der Waals surface area contributed by atoms with Gasteiger partial charge in [0.1, 0.15) is 12.1 Å². The molecule has 6 nitrogen and oxygen atoms in total. The van der Waals surface area contributed by atoms with Gasteiger partial charge in [-0.15, -0.1) is 0 Å². The highest BCUT2D eigenvalue weighted by molar-refractivity contribution is 5.01. The minimum Gasteiger partial charge on any atom is -0.382 e. The van der Waals surface area contributed by atoms with Crippen LogP contribution in [-0.2, 0) is 21.6 Å². The molecule has 1 heterocycles. The maximum Gasteiger partial charge on any atom is 0.252 e. The quantitative estimate of drug-likeness (QED) is 0.836. The fraction of sp³-hybridized carbons (Fsp3) is 0.818. The SMILES string of the molecule is COCC(C)(N)c1noc(COC(C)(C)C)n1. The summed E-state index contributed by atoms with van der Waals surface area (Å²) in [7, 11) is 1.58. The van der Waals surface area contributed by atoms with E-state index in [0.717, 1.165) is 0 Å². The summed E-state index contributed by atoms with van der Waals surface area (Å²) in [5.74, 6) is 0.842. The van der Waals surface area contributed by atoms with Crippen LogP contribution in [0.25, 0.3) is 0 Å². The van der Waals surface area contributed by atoms with Gasteiger partial charge in [0.2, 0.25) is 0 Å². The zero-order valence-electron chi connectivity index (χ0n) is 11.1. The molecule has 0 aliphatic rings. The number of methoxy groups -OCH3 is 1. The average Bonchev–Trinajstić information content (AvgIpc) is 2.62. The van der Waals surface area contributed by atoms with E-state index in [1.54, 1.807) is 14.0 Å².